The van der Waals surface area contributed by atoms with Crippen LogP contribution in [0.5, 0.6) is 0 Å². The largest absolute Gasteiger partial charge is 0.381 e. The molecule has 1 saturated heterocycles. The molecule has 1 aromatic rings. The fourth-order valence-corrected chi connectivity index (χ4v) is 2.63. The molecule has 1 aliphatic rings. The molecule has 0 spiro atoms. The van der Waals surface area contributed by atoms with Crippen LogP contribution in [0.2, 0.25) is 0 Å². The lowest BCUT2D eigenvalue weighted by Crippen LogP contribution is -2.24. The molecule has 0 amide bonds. The maximum atomic E-state index is 4.08. The molecule has 0 bridgehead atoms. The van der Waals surface area contributed by atoms with Gasteiger partial charge in [-0.1, -0.05) is 0 Å². The van der Waals surface area contributed by atoms with E-state index < -0.39 is 0 Å². The first kappa shape index (κ1) is 8.88. The van der Waals surface area contributed by atoms with Crippen LogP contribution in [-0.4, -0.2) is 22.5 Å². The smallest absolute Gasteiger partial charge is 0.0528 e. The molecule has 0 atom stereocenters. The third-order valence-corrected chi connectivity index (χ3v) is 3.30. The number of thioether (sulfide) groups is 1. The molecular formula is C10H14N2S. The Morgan fingerprint density at radius 2 is 2.23 bits per heavy atom. The van der Waals surface area contributed by atoms with Gasteiger partial charge in [0.15, 0.2) is 0 Å². The predicted molar refractivity (Wildman–Crippen MR) is 58.2 cm³/mol. The van der Waals surface area contributed by atoms with Gasteiger partial charge < -0.3 is 5.32 Å². The average molecular weight is 194 g/mol. The highest BCUT2D eigenvalue weighted by Gasteiger charge is 2.12. The summed E-state index contributed by atoms with van der Waals surface area (Å²) >= 11 is 2.05. The molecule has 0 unspecified atom stereocenters. The third-order valence-electron chi connectivity index (χ3n) is 2.25. The standard InChI is InChI=1S/C10H14N2S/c1-2-10(8-11-5-1)12-9-3-6-13-7-4-9/h1-2,5,8-9,12H,3-4,6-7H2. The maximum Gasteiger partial charge on any atom is 0.0528 e. The zero-order chi connectivity index (χ0) is 8.93. The van der Waals surface area contributed by atoms with Crippen LogP contribution in [0.15, 0.2) is 24.5 Å². The molecule has 0 saturated carbocycles. The Hall–Kier alpha value is -0.700. The molecule has 2 heterocycles. The summed E-state index contributed by atoms with van der Waals surface area (Å²) in [7, 11) is 0. The van der Waals surface area contributed by atoms with Crippen molar-refractivity contribution in [2.45, 2.75) is 18.9 Å². The molecular weight excluding hydrogens is 180 g/mol. The first-order valence-corrected chi connectivity index (χ1v) is 5.85. The van der Waals surface area contributed by atoms with E-state index in [1.165, 1.54) is 24.3 Å². The summed E-state index contributed by atoms with van der Waals surface area (Å²) in [6, 6.07) is 4.71. The summed E-state index contributed by atoms with van der Waals surface area (Å²) in [5, 5.41) is 3.50. The number of pyridine rings is 1. The third kappa shape index (κ3) is 2.62. The molecule has 1 fully saturated rings. The van der Waals surface area contributed by atoms with Crippen LogP contribution in [0.3, 0.4) is 0 Å². The van der Waals surface area contributed by atoms with Crippen molar-refractivity contribution in [1.29, 1.82) is 0 Å². The van der Waals surface area contributed by atoms with E-state index in [9.17, 15) is 0 Å². The second kappa shape index (κ2) is 4.51. The van der Waals surface area contributed by atoms with Crippen molar-refractivity contribution in [1.82, 2.24) is 4.98 Å². The lowest BCUT2D eigenvalue weighted by molar-refractivity contribution is 0.666. The summed E-state index contributed by atoms with van der Waals surface area (Å²) in [5.74, 6) is 2.58. The van der Waals surface area contributed by atoms with Gasteiger partial charge in [0.05, 0.1) is 5.69 Å². The van der Waals surface area contributed by atoms with Gasteiger partial charge in [-0.15, -0.1) is 0 Å². The number of rotatable bonds is 2. The van der Waals surface area contributed by atoms with Gasteiger partial charge in [-0.2, -0.15) is 11.8 Å². The first-order chi connectivity index (χ1) is 6.45. The molecule has 13 heavy (non-hydrogen) atoms. The molecule has 70 valence electrons. The van der Waals surface area contributed by atoms with Crippen molar-refractivity contribution in [3.63, 3.8) is 0 Å². The van der Waals surface area contributed by atoms with E-state index in [2.05, 4.69) is 28.1 Å². The maximum absolute atomic E-state index is 4.08. The van der Waals surface area contributed by atoms with Gasteiger partial charge in [-0.05, 0) is 36.5 Å². The fraction of sp³-hybridized carbons (Fsp3) is 0.500. The monoisotopic (exact) mass is 194 g/mol. The average Bonchev–Trinajstić information content (AvgIpc) is 2.21. The summed E-state index contributed by atoms with van der Waals surface area (Å²) in [4.78, 5) is 4.08. The fourth-order valence-electron chi connectivity index (χ4n) is 1.53. The number of nitrogens with zero attached hydrogens (tertiary/aromatic N) is 1. The van der Waals surface area contributed by atoms with Crippen LogP contribution in [0.1, 0.15) is 12.8 Å². The van der Waals surface area contributed by atoms with Crippen molar-refractivity contribution < 1.29 is 0 Å². The zero-order valence-electron chi connectivity index (χ0n) is 7.57. The minimum Gasteiger partial charge on any atom is -0.381 e. The summed E-state index contributed by atoms with van der Waals surface area (Å²) in [6.45, 7) is 0. The van der Waals surface area contributed by atoms with Crippen LogP contribution in [0.4, 0.5) is 5.69 Å². The second-order valence-corrected chi connectivity index (χ2v) is 4.50. The summed E-state index contributed by atoms with van der Waals surface area (Å²) < 4.78 is 0. The Balaban J connectivity index is 1.90. The molecule has 1 aliphatic heterocycles. The molecule has 1 aromatic heterocycles. The minimum atomic E-state index is 0.658. The van der Waals surface area contributed by atoms with Gasteiger partial charge in [0.2, 0.25) is 0 Å². The second-order valence-electron chi connectivity index (χ2n) is 3.27. The van der Waals surface area contributed by atoms with E-state index in [4.69, 9.17) is 0 Å². The van der Waals surface area contributed by atoms with Crippen molar-refractivity contribution >= 4 is 17.4 Å². The molecule has 0 aliphatic carbocycles. The van der Waals surface area contributed by atoms with E-state index in [0.717, 1.165) is 5.69 Å². The van der Waals surface area contributed by atoms with E-state index in [1.807, 2.05) is 18.5 Å². The highest BCUT2D eigenvalue weighted by atomic mass is 32.2. The Kier molecular flexibility index (Phi) is 3.08. The van der Waals surface area contributed by atoms with Gasteiger partial charge in [-0.25, -0.2) is 0 Å². The van der Waals surface area contributed by atoms with Crippen molar-refractivity contribution in [2.75, 3.05) is 16.8 Å². The quantitative estimate of drug-likeness (QED) is 0.782. The van der Waals surface area contributed by atoms with E-state index in [1.54, 1.807) is 0 Å². The van der Waals surface area contributed by atoms with Crippen LogP contribution in [0.25, 0.3) is 0 Å². The Morgan fingerprint density at radius 3 is 2.92 bits per heavy atom. The van der Waals surface area contributed by atoms with Gasteiger partial charge in [0.1, 0.15) is 0 Å². The van der Waals surface area contributed by atoms with E-state index in [0.29, 0.717) is 6.04 Å². The molecule has 1 N–H and O–H groups in total. The SMILES string of the molecule is c1cncc(NC2CCSCC2)c1. The molecule has 0 aromatic carbocycles. The van der Waals surface area contributed by atoms with Crippen molar-refractivity contribution in [3.8, 4) is 0 Å². The van der Waals surface area contributed by atoms with Crippen molar-refractivity contribution in [2.24, 2.45) is 0 Å². The van der Waals surface area contributed by atoms with Crippen molar-refractivity contribution in [3.05, 3.63) is 24.5 Å². The summed E-state index contributed by atoms with van der Waals surface area (Å²) in [5.41, 5.74) is 1.15. The van der Waals surface area contributed by atoms with Gasteiger partial charge in [-0.3, -0.25) is 4.98 Å². The normalized spacial score (nSPS) is 18.5. The molecule has 3 heteroatoms. The Bertz CT molecular complexity index is 244. The summed E-state index contributed by atoms with van der Waals surface area (Å²) in [6.07, 6.45) is 6.25. The Morgan fingerprint density at radius 1 is 1.38 bits per heavy atom. The van der Waals surface area contributed by atoms with Gasteiger partial charge in [0.25, 0.3) is 0 Å². The topological polar surface area (TPSA) is 24.9 Å². The van der Waals surface area contributed by atoms with Gasteiger partial charge in [0, 0.05) is 18.4 Å². The van der Waals surface area contributed by atoms with E-state index >= 15 is 0 Å². The number of nitrogens with one attached hydrogen (secondary N) is 1. The van der Waals surface area contributed by atoms with Crippen LogP contribution < -0.4 is 5.32 Å². The number of anilines is 1. The first-order valence-electron chi connectivity index (χ1n) is 4.69. The number of hydrogen-bond acceptors (Lipinski definition) is 3. The molecule has 2 rings (SSSR count). The lowest BCUT2D eigenvalue weighted by atomic mass is 10.1. The van der Waals surface area contributed by atoms with Crippen LogP contribution in [-0.2, 0) is 0 Å². The molecule has 2 nitrogen and oxygen atoms in total. The molecule has 0 radical (unpaired) electrons. The minimum absolute atomic E-state index is 0.658. The Labute approximate surface area is 83.1 Å². The highest BCUT2D eigenvalue weighted by molar-refractivity contribution is 7.99. The van der Waals surface area contributed by atoms with Crippen LogP contribution in [0, 0.1) is 0 Å². The van der Waals surface area contributed by atoms with E-state index in [-0.39, 0.29) is 0 Å². The van der Waals surface area contributed by atoms with Gasteiger partial charge >= 0.3 is 0 Å². The van der Waals surface area contributed by atoms with Crippen LogP contribution >= 0.6 is 11.8 Å². The lowest BCUT2D eigenvalue weighted by Gasteiger charge is -2.23. The highest BCUT2D eigenvalue weighted by Crippen LogP contribution is 2.20. The number of aromatic nitrogens is 1. The number of hydrogen-bond donors (Lipinski definition) is 1. The predicted octanol–water partition coefficient (Wildman–Crippen LogP) is 2.39. The zero-order valence-corrected chi connectivity index (χ0v) is 8.39.